The molecule has 1 aliphatic rings. The predicted octanol–water partition coefficient (Wildman–Crippen LogP) is 1.39. The maximum atomic E-state index is 11.5. The first-order valence-corrected chi connectivity index (χ1v) is 6.67. The third kappa shape index (κ3) is 2.14. The molecule has 0 N–H and O–H groups in total. The largest absolute Gasteiger partial charge is 0.270 e. The first-order chi connectivity index (χ1) is 7.89. The third-order valence-corrected chi connectivity index (χ3v) is 3.61. The van der Waals surface area contributed by atoms with Crippen LogP contribution in [-0.2, 0) is 10.0 Å². The average molecular weight is 254 g/mol. The highest BCUT2D eigenvalue weighted by Crippen LogP contribution is 2.30. The minimum absolute atomic E-state index is 0.0521. The number of rotatable bonds is 2. The highest BCUT2D eigenvalue weighted by molar-refractivity contribution is 7.92. The van der Waals surface area contributed by atoms with Gasteiger partial charge < -0.3 is 0 Å². The van der Waals surface area contributed by atoms with Gasteiger partial charge in [-0.1, -0.05) is 12.2 Å². The molecule has 0 bridgehead atoms. The smallest absolute Gasteiger partial charge is 0.266 e. The van der Waals surface area contributed by atoms with Crippen molar-refractivity contribution in [3.05, 3.63) is 40.0 Å². The van der Waals surface area contributed by atoms with Crippen LogP contribution >= 0.6 is 0 Å². The second-order valence-electron chi connectivity index (χ2n) is 3.70. The molecule has 1 aliphatic heterocycles. The lowest BCUT2D eigenvalue weighted by Crippen LogP contribution is -2.31. The van der Waals surface area contributed by atoms with E-state index in [1.807, 2.05) is 0 Å². The molecule has 7 heteroatoms. The summed E-state index contributed by atoms with van der Waals surface area (Å²) in [5.41, 5.74) is 0.959. The number of non-ortho nitro benzene ring substituents is 1. The Bertz CT molecular complexity index is 607. The summed E-state index contributed by atoms with van der Waals surface area (Å²) in [5, 5.41) is 10.6. The van der Waals surface area contributed by atoms with Gasteiger partial charge in [0.25, 0.3) is 5.69 Å². The number of hydrogen-bond acceptors (Lipinski definition) is 4. The minimum Gasteiger partial charge on any atom is -0.266 e. The molecule has 1 heterocycles. The van der Waals surface area contributed by atoms with Crippen LogP contribution in [0.1, 0.15) is 5.56 Å². The van der Waals surface area contributed by atoms with Crippen molar-refractivity contribution in [3.8, 4) is 0 Å². The number of sulfonamides is 1. The molecule has 1 aromatic carbocycles. The molecule has 0 aliphatic carbocycles. The van der Waals surface area contributed by atoms with Gasteiger partial charge in [0.2, 0.25) is 10.0 Å². The Hall–Kier alpha value is -1.89. The van der Waals surface area contributed by atoms with Gasteiger partial charge in [0.1, 0.15) is 0 Å². The van der Waals surface area contributed by atoms with E-state index < -0.39 is 14.9 Å². The van der Waals surface area contributed by atoms with Crippen molar-refractivity contribution in [2.24, 2.45) is 0 Å². The molecule has 0 saturated carbocycles. The van der Waals surface area contributed by atoms with Crippen LogP contribution in [-0.4, -0.2) is 26.1 Å². The fourth-order valence-corrected chi connectivity index (χ4v) is 2.58. The maximum Gasteiger partial charge on any atom is 0.270 e. The highest BCUT2D eigenvalue weighted by atomic mass is 32.2. The third-order valence-electron chi connectivity index (χ3n) is 2.46. The first-order valence-electron chi connectivity index (χ1n) is 4.82. The molecule has 90 valence electrons. The monoisotopic (exact) mass is 254 g/mol. The lowest BCUT2D eigenvalue weighted by molar-refractivity contribution is -0.384. The summed E-state index contributed by atoms with van der Waals surface area (Å²) in [6.45, 7) is 0.254. The van der Waals surface area contributed by atoms with E-state index >= 15 is 0 Å². The van der Waals surface area contributed by atoms with E-state index in [4.69, 9.17) is 0 Å². The molecule has 0 saturated heterocycles. The van der Waals surface area contributed by atoms with Crippen molar-refractivity contribution in [3.63, 3.8) is 0 Å². The van der Waals surface area contributed by atoms with Crippen LogP contribution in [0.15, 0.2) is 24.3 Å². The molecular weight excluding hydrogens is 244 g/mol. The van der Waals surface area contributed by atoms with Gasteiger partial charge in [-0.15, -0.1) is 0 Å². The number of nitrogens with zero attached hydrogens (tertiary/aromatic N) is 2. The second kappa shape index (κ2) is 3.85. The van der Waals surface area contributed by atoms with Crippen LogP contribution in [0.4, 0.5) is 11.4 Å². The van der Waals surface area contributed by atoms with Gasteiger partial charge in [-0.05, 0) is 6.07 Å². The second-order valence-corrected chi connectivity index (χ2v) is 5.60. The molecule has 0 spiro atoms. The minimum atomic E-state index is -3.36. The van der Waals surface area contributed by atoms with Crippen LogP contribution in [0.2, 0.25) is 0 Å². The molecule has 2 rings (SSSR count). The van der Waals surface area contributed by atoms with Crippen LogP contribution in [0, 0.1) is 10.1 Å². The van der Waals surface area contributed by atoms with Crippen LogP contribution < -0.4 is 4.31 Å². The summed E-state index contributed by atoms with van der Waals surface area (Å²) < 4.78 is 24.3. The number of benzene rings is 1. The molecule has 17 heavy (non-hydrogen) atoms. The molecule has 1 aromatic rings. The Balaban J connectivity index is 2.56. The van der Waals surface area contributed by atoms with E-state index in [1.165, 1.54) is 22.5 Å². The van der Waals surface area contributed by atoms with Gasteiger partial charge in [-0.25, -0.2) is 8.42 Å². The van der Waals surface area contributed by atoms with Crippen molar-refractivity contribution in [1.82, 2.24) is 0 Å². The molecule has 0 aromatic heterocycles. The lowest BCUT2D eigenvalue weighted by Gasteiger charge is -2.25. The van der Waals surface area contributed by atoms with Crippen LogP contribution in [0.25, 0.3) is 6.08 Å². The summed E-state index contributed by atoms with van der Waals surface area (Å²) in [6.07, 6.45) is 4.45. The number of nitro groups is 1. The summed E-state index contributed by atoms with van der Waals surface area (Å²) in [6, 6.07) is 4.12. The zero-order valence-electron chi connectivity index (χ0n) is 9.03. The number of anilines is 1. The first kappa shape index (κ1) is 11.6. The summed E-state index contributed by atoms with van der Waals surface area (Å²) >= 11 is 0. The fourth-order valence-electron chi connectivity index (χ4n) is 1.70. The number of hydrogen-bond donors (Lipinski definition) is 0. The Kier molecular flexibility index (Phi) is 2.62. The zero-order chi connectivity index (χ0) is 12.6. The number of fused-ring (bicyclic) bond motifs is 1. The van der Waals surface area contributed by atoms with Crippen molar-refractivity contribution in [2.45, 2.75) is 0 Å². The van der Waals surface area contributed by atoms with E-state index in [1.54, 1.807) is 12.2 Å². The van der Waals surface area contributed by atoms with E-state index in [0.717, 1.165) is 6.26 Å². The number of nitro benzene ring substituents is 1. The van der Waals surface area contributed by atoms with Gasteiger partial charge in [0, 0.05) is 17.7 Å². The van der Waals surface area contributed by atoms with Crippen molar-refractivity contribution < 1.29 is 13.3 Å². The van der Waals surface area contributed by atoms with Gasteiger partial charge in [-0.2, -0.15) is 0 Å². The Morgan fingerprint density at radius 2 is 2.12 bits per heavy atom. The van der Waals surface area contributed by atoms with Gasteiger partial charge in [0.05, 0.1) is 23.4 Å². The van der Waals surface area contributed by atoms with Crippen LogP contribution in [0.3, 0.4) is 0 Å². The molecule has 0 unspecified atom stereocenters. The molecule has 6 nitrogen and oxygen atoms in total. The summed E-state index contributed by atoms with van der Waals surface area (Å²) in [5.74, 6) is 0. The fraction of sp³-hybridized carbons (Fsp3) is 0.200. The van der Waals surface area contributed by atoms with Gasteiger partial charge >= 0.3 is 0 Å². The Morgan fingerprint density at radius 1 is 1.41 bits per heavy atom. The van der Waals surface area contributed by atoms with E-state index in [0.29, 0.717) is 11.3 Å². The molecule has 0 radical (unpaired) electrons. The molecular formula is C10H10N2O4S. The molecule has 0 fully saturated rings. The van der Waals surface area contributed by atoms with Gasteiger partial charge in [0.15, 0.2) is 0 Å². The standard InChI is InChI=1S/C10H10N2O4S/c1-17(15,16)11-6-2-3-8-7-9(12(13)14)4-5-10(8)11/h2-5,7H,6H2,1H3. The quantitative estimate of drug-likeness (QED) is 0.590. The molecule has 0 atom stereocenters. The van der Waals surface area contributed by atoms with Crippen LogP contribution in [0.5, 0.6) is 0 Å². The SMILES string of the molecule is CS(=O)(=O)N1CC=Cc2cc([N+](=O)[O-])ccc21. The Labute approximate surface area is 98.4 Å². The predicted molar refractivity (Wildman–Crippen MR) is 64.3 cm³/mol. The average Bonchev–Trinajstić information content (AvgIpc) is 2.26. The zero-order valence-corrected chi connectivity index (χ0v) is 9.85. The van der Waals surface area contributed by atoms with Crippen molar-refractivity contribution >= 4 is 27.5 Å². The van der Waals surface area contributed by atoms with Crippen molar-refractivity contribution in [1.29, 1.82) is 0 Å². The lowest BCUT2D eigenvalue weighted by atomic mass is 10.1. The van der Waals surface area contributed by atoms with E-state index in [-0.39, 0.29) is 12.2 Å². The topological polar surface area (TPSA) is 80.5 Å². The van der Waals surface area contributed by atoms with E-state index in [9.17, 15) is 18.5 Å². The van der Waals surface area contributed by atoms with Gasteiger partial charge in [-0.3, -0.25) is 14.4 Å². The Morgan fingerprint density at radius 3 is 2.71 bits per heavy atom. The normalized spacial score (nSPS) is 14.5. The molecule has 0 amide bonds. The van der Waals surface area contributed by atoms with E-state index in [2.05, 4.69) is 0 Å². The summed E-state index contributed by atoms with van der Waals surface area (Å²) in [7, 11) is -3.36. The van der Waals surface area contributed by atoms with Crippen molar-refractivity contribution in [2.75, 3.05) is 17.1 Å². The summed E-state index contributed by atoms with van der Waals surface area (Å²) in [4.78, 5) is 10.1. The highest BCUT2D eigenvalue weighted by Gasteiger charge is 2.22. The maximum absolute atomic E-state index is 11.5.